The average Bonchev–Trinajstić information content (AvgIpc) is 3.44. The van der Waals surface area contributed by atoms with Crippen LogP contribution in [0.25, 0.3) is 0 Å². The Morgan fingerprint density at radius 2 is 1.67 bits per heavy atom. The van der Waals surface area contributed by atoms with Crippen LogP contribution in [-0.4, -0.2) is 27.1 Å². The molecule has 4 rings (SSSR count). The van der Waals surface area contributed by atoms with E-state index < -0.39 is 0 Å². The summed E-state index contributed by atoms with van der Waals surface area (Å²) in [5.74, 6) is 3.36. The standard InChI is InChI=1S/C17H27N3O/c1-2-12-3-7-14(8-4-12)20(15-9-10-15)11-16-18-17(19-21-16)13-5-6-13/h12-15H,2-11H2,1H3. The van der Waals surface area contributed by atoms with Gasteiger partial charge < -0.3 is 4.52 Å². The molecule has 116 valence electrons. The third-order valence-corrected chi connectivity index (χ3v) is 5.62. The van der Waals surface area contributed by atoms with Crippen LogP contribution in [0.1, 0.15) is 82.3 Å². The van der Waals surface area contributed by atoms with Crippen molar-refractivity contribution in [1.29, 1.82) is 0 Å². The zero-order valence-electron chi connectivity index (χ0n) is 13.1. The molecule has 3 saturated carbocycles. The van der Waals surface area contributed by atoms with Crippen LogP contribution in [0.3, 0.4) is 0 Å². The molecule has 0 unspecified atom stereocenters. The third kappa shape index (κ3) is 3.15. The van der Waals surface area contributed by atoms with Crippen molar-refractivity contribution >= 4 is 0 Å². The van der Waals surface area contributed by atoms with Gasteiger partial charge in [0.25, 0.3) is 0 Å². The smallest absolute Gasteiger partial charge is 0.240 e. The Balaban J connectivity index is 1.39. The Hall–Kier alpha value is -0.900. The maximum absolute atomic E-state index is 5.50. The first-order valence-electron chi connectivity index (χ1n) is 8.91. The maximum atomic E-state index is 5.50. The highest BCUT2D eigenvalue weighted by Crippen LogP contribution is 2.39. The minimum atomic E-state index is 0.594. The van der Waals surface area contributed by atoms with E-state index >= 15 is 0 Å². The van der Waals surface area contributed by atoms with E-state index in [1.165, 1.54) is 57.8 Å². The molecule has 1 heterocycles. The van der Waals surface area contributed by atoms with Crippen LogP contribution in [0.4, 0.5) is 0 Å². The van der Waals surface area contributed by atoms with Gasteiger partial charge >= 0.3 is 0 Å². The molecule has 0 radical (unpaired) electrons. The summed E-state index contributed by atoms with van der Waals surface area (Å²) in [5, 5.41) is 4.17. The molecular weight excluding hydrogens is 262 g/mol. The zero-order chi connectivity index (χ0) is 14.2. The van der Waals surface area contributed by atoms with Gasteiger partial charge in [-0.15, -0.1) is 0 Å². The highest BCUT2D eigenvalue weighted by Gasteiger charge is 2.37. The Morgan fingerprint density at radius 1 is 1.00 bits per heavy atom. The van der Waals surface area contributed by atoms with Gasteiger partial charge in [0.2, 0.25) is 5.89 Å². The predicted octanol–water partition coefficient (Wildman–Crippen LogP) is 3.88. The highest BCUT2D eigenvalue weighted by molar-refractivity contribution is 5.04. The van der Waals surface area contributed by atoms with E-state index in [2.05, 4.69) is 22.0 Å². The van der Waals surface area contributed by atoms with E-state index in [0.29, 0.717) is 5.92 Å². The molecular formula is C17H27N3O. The van der Waals surface area contributed by atoms with E-state index in [0.717, 1.165) is 36.3 Å². The van der Waals surface area contributed by atoms with Crippen LogP contribution >= 0.6 is 0 Å². The van der Waals surface area contributed by atoms with E-state index in [1.807, 2.05) is 0 Å². The molecule has 3 aliphatic rings. The van der Waals surface area contributed by atoms with Gasteiger partial charge in [-0.05, 0) is 57.3 Å². The van der Waals surface area contributed by atoms with Gasteiger partial charge in [-0.25, -0.2) is 0 Å². The van der Waals surface area contributed by atoms with E-state index in [-0.39, 0.29) is 0 Å². The SMILES string of the molecule is CCC1CCC(N(Cc2nc(C3CC3)no2)C2CC2)CC1. The van der Waals surface area contributed by atoms with Gasteiger partial charge in [-0.1, -0.05) is 18.5 Å². The molecule has 0 aliphatic heterocycles. The summed E-state index contributed by atoms with van der Waals surface area (Å²) in [6.07, 6.45) is 12.1. The second kappa shape index (κ2) is 5.71. The third-order valence-electron chi connectivity index (χ3n) is 5.62. The highest BCUT2D eigenvalue weighted by atomic mass is 16.5. The Labute approximate surface area is 127 Å². The predicted molar refractivity (Wildman–Crippen MR) is 80.9 cm³/mol. The molecule has 0 aromatic carbocycles. The molecule has 0 amide bonds. The van der Waals surface area contributed by atoms with Crippen molar-refractivity contribution in [2.24, 2.45) is 5.92 Å². The van der Waals surface area contributed by atoms with Crippen molar-refractivity contribution in [2.75, 3.05) is 0 Å². The van der Waals surface area contributed by atoms with E-state index in [1.54, 1.807) is 0 Å². The second-order valence-electron chi connectivity index (χ2n) is 7.31. The largest absolute Gasteiger partial charge is 0.338 e. The van der Waals surface area contributed by atoms with Crippen molar-refractivity contribution in [3.05, 3.63) is 11.7 Å². The topological polar surface area (TPSA) is 42.2 Å². The summed E-state index contributed by atoms with van der Waals surface area (Å²) in [5.41, 5.74) is 0. The molecule has 1 aromatic rings. The molecule has 21 heavy (non-hydrogen) atoms. The molecule has 3 aliphatic carbocycles. The van der Waals surface area contributed by atoms with E-state index in [9.17, 15) is 0 Å². The molecule has 0 bridgehead atoms. The normalized spacial score (nSPS) is 30.0. The number of aromatic nitrogens is 2. The molecule has 0 spiro atoms. The minimum Gasteiger partial charge on any atom is -0.338 e. The Morgan fingerprint density at radius 3 is 2.24 bits per heavy atom. The van der Waals surface area contributed by atoms with Crippen LogP contribution in [0, 0.1) is 5.92 Å². The van der Waals surface area contributed by atoms with Crippen LogP contribution in [-0.2, 0) is 6.54 Å². The number of hydrogen-bond donors (Lipinski definition) is 0. The van der Waals surface area contributed by atoms with Crippen LogP contribution in [0.2, 0.25) is 0 Å². The van der Waals surface area contributed by atoms with Gasteiger partial charge in [0.1, 0.15) is 0 Å². The first kappa shape index (κ1) is 13.7. The lowest BCUT2D eigenvalue weighted by molar-refractivity contribution is 0.107. The summed E-state index contributed by atoms with van der Waals surface area (Å²) in [6, 6.07) is 1.53. The summed E-state index contributed by atoms with van der Waals surface area (Å²) in [7, 11) is 0. The van der Waals surface area contributed by atoms with Crippen molar-refractivity contribution in [1.82, 2.24) is 15.0 Å². The number of rotatable bonds is 6. The lowest BCUT2D eigenvalue weighted by atomic mass is 9.84. The minimum absolute atomic E-state index is 0.594. The Kier molecular flexibility index (Phi) is 3.74. The first-order valence-corrected chi connectivity index (χ1v) is 8.91. The summed E-state index contributed by atoms with van der Waals surface area (Å²) >= 11 is 0. The second-order valence-corrected chi connectivity index (χ2v) is 7.31. The van der Waals surface area contributed by atoms with Gasteiger partial charge in [-0.2, -0.15) is 4.98 Å². The molecule has 3 fully saturated rings. The lowest BCUT2D eigenvalue weighted by Crippen LogP contribution is -2.39. The first-order chi connectivity index (χ1) is 10.3. The van der Waals surface area contributed by atoms with Gasteiger partial charge in [0.15, 0.2) is 5.82 Å². The average molecular weight is 289 g/mol. The fourth-order valence-corrected chi connectivity index (χ4v) is 3.84. The van der Waals surface area contributed by atoms with Crippen molar-refractivity contribution in [2.45, 2.75) is 89.3 Å². The zero-order valence-corrected chi connectivity index (χ0v) is 13.1. The molecule has 0 atom stereocenters. The van der Waals surface area contributed by atoms with Crippen LogP contribution < -0.4 is 0 Å². The molecule has 4 heteroatoms. The Bertz CT molecular complexity index is 470. The maximum Gasteiger partial charge on any atom is 0.240 e. The van der Waals surface area contributed by atoms with Crippen molar-refractivity contribution < 1.29 is 4.52 Å². The monoisotopic (exact) mass is 289 g/mol. The summed E-state index contributed by atoms with van der Waals surface area (Å²) < 4.78 is 5.50. The van der Waals surface area contributed by atoms with Crippen LogP contribution in [0.5, 0.6) is 0 Å². The molecule has 0 saturated heterocycles. The number of nitrogens with zero attached hydrogens (tertiary/aromatic N) is 3. The fourth-order valence-electron chi connectivity index (χ4n) is 3.84. The van der Waals surface area contributed by atoms with Gasteiger partial charge in [0, 0.05) is 18.0 Å². The molecule has 0 N–H and O–H groups in total. The quantitative estimate of drug-likeness (QED) is 0.797. The van der Waals surface area contributed by atoms with Crippen LogP contribution in [0.15, 0.2) is 4.52 Å². The molecule has 4 nitrogen and oxygen atoms in total. The fraction of sp³-hybridized carbons (Fsp3) is 0.882. The van der Waals surface area contributed by atoms with Gasteiger partial charge in [-0.3, -0.25) is 4.90 Å². The van der Waals surface area contributed by atoms with E-state index in [4.69, 9.17) is 4.52 Å². The van der Waals surface area contributed by atoms with Crippen molar-refractivity contribution in [3.63, 3.8) is 0 Å². The summed E-state index contributed by atoms with van der Waals surface area (Å²) in [4.78, 5) is 7.31. The summed E-state index contributed by atoms with van der Waals surface area (Å²) in [6.45, 7) is 3.22. The van der Waals surface area contributed by atoms with Gasteiger partial charge in [0.05, 0.1) is 6.54 Å². The number of hydrogen-bond acceptors (Lipinski definition) is 4. The molecule has 1 aromatic heterocycles. The van der Waals surface area contributed by atoms with Crippen molar-refractivity contribution in [3.8, 4) is 0 Å². The lowest BCUT2D eigenvalue weighted by Gasteiger charge is -2.36.